The highest BCUT2D eigenvalue weighted by Crippen LogP contribution is 2.30. The summed E-state index contributed by atoms with van der Waals surface area (Å²) in [7, 11) is 1.79. The molecular weight excluding hydrogens is 306 g/mol. The van der Waals surface area contributed by atoms with Crippen molar-refractivity contribution < 1.29 is 4.74 Å². The minimum atomic E-state index is -0.0644. The van der Waals surface area contributed by atoms with Crippen LogP contribution in [0.4, 0.5) is 0 Å². The molecule has 2 atom stereocenters. The number of hydrogen-bond donors (Lipinski definition) is 1. The van der Waals surface area contributed by atoms with Gasteiger partial charge in [-0.1, -0.05) is 0 Å². The van der Waals surface area contributed by atoms with Crippen molar-refractivity contribution in [3.8, 4) is 0 Å². The van der Waals surface area contributed by atoms with Crippen molar-refractivity contribution in [1.29, 1.82) is 0 Å². The van der Waals surface area contributed by atoms with Gasteiger partial charge in [0, 0.05) is 43.1 Å². The summed E-state index contributed by atoms with van der Waals surface area (Å²) in [6.07, 6.45) is 5.95. The van der Waals surface area contributed by atoms with Gasteiger partial charge in [-0.3, -0.25) is 9.88 Å². The first-order valence-electron chi connectivity index (χ1n) is 6.68. The number of nitrogens with zero attached hydrogens (tertiary/aromatic N) is 2. The summed E-state index contributed by atoms with van der Waals surface area (Å²) < 4.78 is 6.65. The fourth-order valence-corrected chi connectivity index (χ4v) is 3.17. The van der Waals surface area contributed by atoms with Crippen molar-refractivity contribution in [2.45, 2.75) is 31.4 Å². The van der Waals surface area contributed by atoms with Gasteiger partial charge in [-0.15, -0.1) is 0 Å². The molecule has 2 unspecified atom stereocenters. The highest BCUT2D eigenvalue weighted by Gasteiger charge is 2.34. The smallest absolute Gasteiger partial charge is 0.0777 e. The van der Waals surface area contributed by atoms with Gasteiger partial charge in [0.15, 0.2) is 0 Å². The molecule has 19 heavy (non-hydrogen) atoms. The number of piperidine rings is 1. The van der Waals surface area contributed by atoms with Crippen LogP contribution in [-0.4, -0.2) is 42.2 Å². The first kappa shape index (κ1) is 14.9. The summed E-state index contributed by atoms with van der Waals surface area (Å²) >= 11 is 3.47. The molecule has 0 aromatic carbocycles. The van der Waals surface area contributed by atoms with Crippen LogP contribution in [0.2, 0.25) is 0 Å². The van der Waals surface area contributed by atoms with E-state index in [2.05, 4.69) is 38.8 Å². The minimum absolute atomic E-state index is 0.0644. The van der Waals surface area contributed by atoms with Crippen LogP contribution in [0.3, 0.4) is 0 Å². The summed E-state index contributed by atoms with van der Waals surface area (Å²) in [4.78, 5) is 6.66. The monoisotopic (exact) mass is 327 g/mol. The zero-order chi connectivity index (χ0) is 13.9. The van der Waals surface area contributed by atoms with Gasteiger partial charge in [-0.25, -0.2) is 0 Å². The number of ether oxygens (including phenoxy) is 1. The standard InChI is InChI=1S/C14H22BrN3O/c1-14(19-2)4-3-5-18(10-14)13(7-16)11-6-12(15)9-17-8-11/h6,8-9,13H,3-5,7,10,16H2,1-2H3. The lowest BCUT2D eigenvalue weighted by Crippen LogP contribution is -2.49. The lowest BCUT2D eigenvalue weighted by molar-refractivity contribution is -0.0608. The van der Waals surface area contributed by atoms with E-state index in [4.69, 9.17) is 10.5 Å². The lowest BCUT2D eigenvalue weighted by atomic mass is 9.92. The molecule has 106 valence electrons. The highest BCUT2D eigenvalue weighted by atomic mass is 79.9. The molecule has 1 aliphatic rings. The van der Waals surface area contributed by atoms with Crippen LogP contribution in [0.25, 0.3) is 0 Å². The molecule has 1 aromatic rings. The summed E-state index contributed by atoms with van der Waals surface area (Å²) in [5, 5.41) is 0. The molecule has 0 saturated carbocycles. The second-order valence-electron chi connectivity index (χ2n) is 5.42. The molecule has 1 fully saturated rings. The molecule has 0 spiro atoms. The molecule has 2 N–H and O–H groups in total. The Kier molecular flexibility index (Phi) is 4.95. The molecular formula is C14H22BrN3O. The van der Waals surface area contributed by atoms with E-state index in [9.17, 15) is 0 Å². The highest BCUT2D eigenvalue weighted by molar-refractivity contribution is 9.10. The Balaban J connectivity index is 2.17. The van der Waals surface area contributed by atoms with Crippen molar-refractivity contribution in [3.63, 3.8) is 0 Å². The zero-order valence-electron chi connectivity index (χ0n) is 11.6. The molecule has 4 nitrogen and oxygen atoms in total. The van der Waals surface area contributed by atoms with Gasteiger partial charge in [-0.05, 0) is 53.9 Å². The maximum absolute atomic E-state index is 5.99. The normalized spacial score (nSPS) is 26.3. The topological polar surface area (TPSA) is 51.4 Å². The number of pyridine rings is 1. The first-order valence-corrected chi connectivity index (χ1v) is 7.47. The van der Waals surface area contributed by atoms with Gasteiger partial charge in [0.05, 0.1) is 5.60 Å². The van der Waals surface area contributed by atoms with Gasteiger partial charge in [0.2, 0.25) is 0 Å². The van der Waals surface area contributed by atoms with E-state index in [0.29, 0.717) is 6.54 Å². The van der Waals surface area contributed by atoms with Gasteiger partial charge in [-0.2, -0.15) is 0 Å². The maximum Gasteiger partial charge on any atom is 0.0777 e. The number of methoxy groups -OCH3 is 1. The van der Waals surface area contributed by atoms with Gasteiger partial charge in [0.1, 0.15) is 0 Å². The van der Waals surface area contributed by atoms with Crippen molar-refractivity contribution in [1.82, 2.24) is 9.88 Å². The fourth-order valence-electron chi connectivity index (χ4n) is 2.78. The van der Waals surface area contributed by atoms with E-state index in [0.717, 1.165) is 36.0 Å². The molecule has 1 saturated heterocycles. The Morgan fingerprint density at radius 1 is 1.58 bits per heavy atom. The number of halogens is 1. The van der Waals surface area contributed by atoms with E-state index in [1.807, 2.05) is 6.20 Å². The van der Waals surface area contributed by atoms with Crippen LogP contribution in [0.1, 0.15) is 31.4 Å². The molecule has 1 aliphatic heterocycles. The Morgan fingerprint density at radius 3 is 3.00 bits per heavy atom. The molecule has 2 heterocycles. The third-order valence-electron chi connectivity index (χ3n) is 3.96. The van der Waals surface area contributed by atoms with Gasteiger partial charge >= 0.3 is 0 Å². The van der Waals surface area contributed by atoms with Crippen LogP contribution in [-0.2, 0) is 4.74 Å². The second-order valence-corrected chi connectivity index (χ2v) is 6.33. The Bertz CT molecular complexity index is 429. The van der Waals surface area contributed by atoms with E-state index >= 15 is 0 Å². The Morgan fingerprint density at radius 2 is 2.37 bits per heavy atom. The lowest BCUT2D eigenvalue weighted by Gasteiger charge is -2.43. The predicted octanol–water partition coefficient (Wildman–Crippen LogP) is 2.34. The number of likely N-dealkylation sites (tertiary alicyclic amines) is 1. The average Bonchev–Trinajstić information content (AvgIpc) is 2.40. The van der Waals surface area contributed by atoms with Crippen molar-refractivity contribution in [3.05, 3.63) is 28.5 Å². The largest absolute Gasteiger partial charge is 0.377 e. The summed E-state index contributed by atoms with van der Waals surface area (Å²) in [6.45, 7) is 4.75. The number of rotatable bonds is 4. The molecule has 0 aliphatic carbocycles. The van der Waals surface area contributed by atoms with Gasteiger partial charge in [0.25, 0.3) is 0 Å². The van der Waals surface area contributed by atoms with Crippen LogP contribution in [0.5, 0.6) is 0 Å². The number of aromatic nitrogens is 1. The third kappa shape index (κ3) is 3.54. The predicted molar refractivity (Wildman–Crippen MR) is 80.0 cm³/mol. The van der Waals surface area contributed by atoms with E-state index in [-0.39, 0.29) is 11.6 Å². The zero-order valence-corrected chi connectivity index (χ0v) is 13.2. The Hall–Kier alpha value is -0.490. The SMILES string of the molecule is COC1(C)CCCN(C(CN)c2cncc(Br)c2)C1. The second kappa shape index (κ2) is 6.31. The molecule has 2 rings (SSSR count). The summed E-state index contributed by atoms with van der Waals surface area (Å²) in [5.41, 5.74) is 7.09. The van der Waals surface area contributed by atoms with Crippen molar-refractivity contribution in [2.75, 3.05) is 26.7 Å². The molecule has 1 aromatic heterocycles. The maximum atomic E-state index is 5.99. The van der Waals surface area contributed by atoms with Crippen LogP contribution >= 0.6 is 15.9 Å². The quantitative estimate of drug-likeness (QED) is 0.922. The first-order chi connectivity index (χ1) is 9.08. The molecule has 0 amide bonds. The molecule has 0 bridgehead atoms. The van der Waals surface area contributed by atoms with Gasteiger partial charge < -0.3 is 10.5 Å². The van der Waals surface area contributed by atoms with Crippen LogP contribution in [0.15, 0.2) is 22.9 Å². The summed E-state index contributed by atoms with van der Waals surface area (Å²) in [6, 6.07) is 2.31. The van der Waals surface area contributed by atoms with Crippen LogP contribution < -0.4 is 5.73 Å². The summed E-state index contributed by atoms with van der Waals surface area (Å²) in [5.74, 6) is 0. The van der Waals surface area contributed by atoms with E-state index in [1.54, 1.807) is 13.3 Å². The van der Waals surface area contributed by atoms with Crippen molar-refractivity contribution in [2.24, 2.45) is 5.73 Å². The Labute approximate surface area is 123 Å². The van der Waals surface area contributed by atoms with E-state index < -0.39 is 0 Å². The fraction of sp³-hybridized carbons (Fsp3) is 0.643. The minimum Gasteiger partial charge on any atom is -0.377 e. The van der Waals surface area contributed by atoms with Crippen LogP contribution in [0, 0.1) is 0 Å². The number of nitrogens with two attached hydrogens (primary N) is 1. The van der Waals surface area contributed by atoms with Crippen molar-refractivity contribution >= 4 is 15.9 Å². The average molecular weight is 328 g/mol. The van der Waals surface area contributed by atoms with E-state index in [1.165, 1.54) is 0 Å². The third-order valence-corrected chi connectivity index (χ3v) is 4.39. The molecule has 5 heteroatoms. The number of hydrogen-bond acceptors (Lipinski definition) is 4. The molecule has 0 radical (unpaired) electrons.